The molecule has 2 aromatic rings. The zero-order valence-corrected chi connectivity index (χ0v) is 18.3. The highest BCUT2D eigenvalue weighted by atomic mass is 79.9. The van der Waals surface area contributed by atoms with E-state index in [0.29, 0.717) is 22.3 Å². The molecule has 1 N–H and O–H groups in total. The molecule has 0 unspecified atom stereocenters. The highest BCUT2D eigenvalue weighted by Gasteiger charge is 2.29. The van der Waals surface area contributed by atoms with Gasteiger partial charge in [0.2, 0.25) is 0 Å². The van der Waals surface area contributed by atoms with Crippen molar-refractivity contribution in [3.63, 3.8) is 0 Å². The van der Waals surface area contributed by atoms with Crippen molar-refractivity contribution in [2.45, 2.75) is 48.9 Å². The van der Waals surface area contributed by atoms with Gasteiger partial charge in [0.25, 0.3) is 11.6 Å². The molecule has 0 aliphatic heterocycles. The first-order chi connectivity index (χ1) is 13.3. The van der Waals surface area contributed by atoms with Crippen molar-refractivity contribution in [3.05, 3.63) is 62.6 Å². The molecule has 1 aliphatic rings. The second kappa shape index (κ2) is 9.09. The summed E-state index contributed by atoms with van der Waals surface area (Å²) in [7, 11) is 0. The van der Waals surface area contributed by atoms with Crippen molar-refractivity contribution >= 4 is 39.3 Å². The van der Waals surface area contributed by atoms with Gasteiger partial charge in [-0.05, 0) is 54.7 Å². The second-order valence-corrected chi connectivity index (χ2v) is 9.37. The van der Waals surface area contributed by atoms with Gasteiger partial charge in [-0.15, -0.1) is 0 Å². The van der Waals surface area contributed by atoms with Crippen molar-refractivity contribution in [2.75, 3.05) is 0 Å². The number of benzene rings is 2. The van der Waals surface area contributed by atoms with Crippen LogP contribution in [0, 0.1) is 22.0 Å². The molecule has 28 heavy (non-hydrogen) atoms. The molecule has 1 saturated carbocycles. The summed E-state index contributed by atoms with van der Waals surface area (Å²) in [5.74, 6) is 0.729. The van der Waals surface area contributed by atoms with E-state index < -0.39 is 4.92 Å². The fraction of sp³-hybridized carbons (Fsp3) is 0.381. The Labute approximate surface area is 177 Å². The van der Waals surface area contributed by atoms with Gasteiger partial charge in [0.15, 0.2) is 0 Å². The highest BCUT2D eigenvalue weighted by molar-refractivity contribution is 9.10. The average molecular weight is 463 g/mol. The largest absolute Gasteiger partial charge is 0.349 e. The van der Waals surface area contributed by atoms with Crippen molar-refractivity contribution in [1.82, 2.24) is 5.32 Å². The molecule has 0 aromatic heterocycles. The van der Waals surface area contributed by atoms with Gasteiger partial charge in [0.1, 0.15) is 0 Å². The SMILES string of the molecule is C[C@H]1[C@H](C)CCC[C@H]1NC(=O)c1ccc(Sc2ccc(Br)cc2)c([N+](=O)[O-])c1. The molecule has 0 saturated heterocycles. The van der Waals surface area contributed by atoms with Crippen LogP contribution in [0.15, 0.2) is 56.7 Å². The van der Waals surface area contributed by atoms with Crippen molar-refractivity contribution in [3.8, 4) is 0 Å². The van der Waals surface area contributed by atoms with Crippen LogP contribution in [0.2, 0.25) is 0 Å². The average Bonchev–Trinajstić information content (AvgIpc) is 2.67. The lowest BCUT2D eigenvalue weighted by atomic mass is 9.78. The van der Waals surface area contributed by atoms with Crippen molar-refractivity contribution < 1.29 is 9.72 Å². The molecule has 7 heteroatoms. The van der Waals surface area contributed by atoms with Crippen molar-refractivity contribution in [2.24, 2.45) is 11.8 Å². The lowest BCUT2D eigenvalue weighted by molar-refractivity contribution is -0.387. The number of rotatable bonds is 5. The normalized spacial score (nSPS) is 21.9. The number of nitrogens with one attached hydrogen (secondary N) is 1. The molecule has 0 radical (unpaired) electrons. The zero-order valence-electron chi connectivity index (χ0n) is 15.9. The minimum atomic E-state index is -0.427. The van der Waals surface area contributed by atoms with Crippen LogP contribution < -0.4 is 5.32 Å². The third kappa shape index (κ3) is 4.94. The molecule has 5 nitrogen and oxygen atoms in total. The number of nitro benzene ring substituents is 1. The van der Waals surface area contributed by atoms with Crippen LogP contribution in [0.3, 0.4) is 0 Å². The van der Waals surface area contributed by atoms with E-state index in [-0.39, 0.29) is 17.6 Å². The number of nitro groups is 1. The number of nitrogens with zero attached hydrogens (tertiary/aromatic N) is 1. The number of amides is 1. The van der Waals surface area contributed by atoms with Gasteiger partial charge in [0.05, 0.1) is 9.82 Å². The Kier molecular flexibility index (Phi) is 6.78. The summed E-state index contributed by atoms with van der Waals surface area (Å²) in [5.41, 5.74) is 0.280. The van der Waals surface area contributed by atoms with Crippen LogP contribution in [0.4, 0.5) is 5.69 Å². The summed E-state index contributed by atoms with van der Waals surface area (Å²) < 4.78 is 0.949. The smallest absolute Gasteiger partial charge is 0.284 e. The van der Waals surface area contributed by atoms with Crippen LogP contribution in [0.5, 0.6) is 0 Å². The molecule has 3 rings (SSSR count). The predicted molar refractivity (Wildman–Crippen MR) is 115 cm³/mol. The quantitative estimate of drug-likeness (QED) is 0.432. The third-order valence-electron chi connectivity index (χ3n) is 5.48. The van der Waals surface area contributed by atoms with Gasteiger partial charge in [-0.25, -0.2) is 0 Å². The fourth-order valence-electron chi connectivity index (χ4n) is 3.55. The number of carbonyl (C=O) groups is 1. The fourth-order valence-corrected chi connectivity index (χ4v) is 4.72. The molecule has 1 aliphatic carbocycles. The van der Waals surface area contributed by atoms with E-state index in [9.17, 15) is 14.9 Å². The molecular weight excluding hydrogens is 440 g/mol. The lowest BCUT2D eigenvalue weighted by Crippen LogP contribution is -2.43. The van der Waals surface area contributed by atoms with E-state index in [1.54, 1.807) is 12.1 Å². The molecule has 148 valence electrons. The Morgan fingerprint density at radius 2 is 1.89 bits per heavy atom. The Morgan fingerprint density at radius 1 is 1.18 bits per heavy atom. The monoisotopic (exact) mass is 462 g/mol. The standard InChI is InChI=1S/C21H23BrN2O3S/c1-13-4-3-5-18(14(13)2)23-21(25)15-6-11-20(19(12-15)24(26)27)28-17-9-7-16(22)8-10-17/h6-14,18H,3-5H2,1-2H3,(H,23,25)/t13-,14+,18-/m1/s1. The van der Waals surface area contributed by atoms with Crippen LogP contribution in [0.1, 0.15) is 43.5 Å². The van der Waals surface area contributed by atoms with Gasteiger partial charge in [-0.2, -0.15) is 0 Å². The third-order valence-corrected chi connectivity index (χ3v) is 7.08. The van der Waals surface area contributed by atoms with E-state index in [4.69, 9.17) is 0 Å². The summed E-state index contributed by atoms with van der Waals surface area (Å²) in [6, 6.07) is 12.4. The molecule has 1 amide bonds. The van der Waals surface area contributed by atoms with Gasteiger partial charge >= 0.3 is 0 Å². The van der Waals surface area contributed by atoms with E-state index in [1.165, 1.54) is 24.2 Å². The summed E-state index contributed by atoms with van der Waals surface area (Å²) in [6.07, 6.45) is 3.23. The highest BCUT2D eigenvalue weighted by Crippen LogP contribution is 2.36. The second-order valence-electron chi connectivity index (χ2n) is 7.34. The molecule has 0 spiro atoms. The van der Waals surface area contributed by atoms with Gasteiger partial charge in [0, 0.05) is 27.0 Å². The van der Waals surface area contributed by atoms with Crippen LogP contribution in [-0.2, 0) is 0 Å². The van der Waals surface area contributed by atoms with Crippen LogP contribution >= 0.6 is 27.7 Å². The Hall–Kier alpha value is -1.86. The van der Waals surface area contributed by atoms with Crippen molar-refractivity contribution in [1.29, 1.82) is 0 Å². The maximum atomic E-state index is 12.7. The topological polar surface area (TPSA) is 72.2 Å². The number of hydrogen-bond acceptors (Lipinski definition) is 4. The molecule has 2 aromatic carbocycles. The van der Waals surface area contributed by atoms with Gasteiger partial charge in [-0.3, -0.25) is 14.9 Å². The van der Waals surface area contributed by atoms with Gasteiger partial charge < -0.3 is 5.32 Å². The lowest BCUT2D eigenvalue weighted by Gasteiger charge is -2.34. The Morgan fingerprint density at radius 3 is 2.57 bits per heavy atom. The molecule has 0 heterocycles. The molecule has 0 bridgehead atoms. The summed E-state index contributed by atoms with van der Waals surface area (Å²) in [4.78, 5) is 25.3. The Bertz CT molecular complexity index is 872. The van der Waals surface area contributed by atoms with E-state index in [0.717, 1.165) is 22.2 Å². The maximum Gasteiger partial charge on any atom is 0.284 e. The first-order valence-electron chi connectivity index (χ1n) is 9.38. The Balaban J connectivity index is 1.79. The van der Waals surface area contributed by atoms with E-state index in [1.807, 2.05) is 24.3 Å². The van der Waals surface area contributed by atoms with Gasteiger partial charge in [-0.1, -0.05) is 54.4 Å². The summed E-state index contributed by atoms with van der Waals surface area (Å²) in [6.45, 7) is 4.37. The number of hydrogen-bond donors (Lipinski definition) is 1. The minimum absolute atomic E-state index is 0.0503. The first-order valence-corrected chi connectivity index (χ1v) is 11.0. The zero-order chi connectivity index (χ0) is 20.3. The van der Waals surface area contributed by atoms with Crippen LogP contribution in [-0.4, -0.2) is 16.9 Å². The molecular formula is C21H23BrN2O3S. The maximum absolute atomic E-state index is 12.7. The molecule has 3 atom stereocenters. The summed E-state index contributed by atoms with van der Waals surface area (Å²) >= 11 is 4.69. The first kappa shape index (κ1) is 20.9. The summed E-state index contributed by atoms with van der Waals surface area (Å²) in [5, 5.41) is 14.7. The van der Waals surface area contributed by atoms with E-state index in [2.05, 4.69) is 35.1 Å². The number of carbonyl (C=O) groups excluding carboxylic acids is 1. The van der Waals surface area contributed by atoms with E-state index >= 15 is 0 Å². The predicted octanol–water partition coefficient (Wildman–Crippen LogP) is 6.06. The van der Waals surface area contributed by atoms with Crippen LogP contribution in [0.25, 0.3) is 0 Å². The molecule has 1 fully saturated rings. The minimum Gasteiger partial charge on any atom is -0.349 e. The number of halogens is 1.